The van der Waals surface area contributed by atoms with Crippen LogP contribution in [0.4, 0.5) is 5.82 Å². The smallest absolute Gasteiger partial charge is 0.291 e. The molecule has 0 aliphatic carbocycles. The number of hydrogen-bond donors (Lipinski definition) is 2. The molecule has 1 fully saturated rings. The van der Waals surface area contributed by atoms with Gasteiger partial charge in [-0.05, 0) is 36.6 Å². The number of ether oxygens (including phenoxy) is 1. The van der Waals surface area contributed by atoms with Crippen molar-refractivity contribution in [3.8, 4) is 5.88 Å². The van der Waals surface area contributed by atoms with Crippen molar-refractivity contribution in [3.05, 3.63) is 45.0 Å². The molecule has 1 saturated heterocycles. The lowest BCUT2D eigenvalue weighted by atomic mass is 9.94. The molecule has 3 aromatic heterocycles. The van der Waals surface area contributed by atoms with E-state index in [0.29, 0.717) is 52.5 Å². The van der Waals surface area contributed by atoms with Crippen LogP contribution in [0, 0.1) is 5.92 Å². The van der Waals surface area contributed by atoms with Gasteiger partial charge < -0.3 is 19.4 Å². The predicted molar refractivity (Wildman–Crippen MR) is 120 cm³/mol. The standard InChI is InChI=1S/C20H23N4O5PS/c1-29-16-11-14-12-21-24(19(25)15-3-2-10-31-15)20(26)17(14)18(22-16)23-7-4-13(5-8-23)6-9-30(27)28/h2-3,10-13,27-28H,4-9H2,1H3. The fourth-order valence-electron chi connectivity index (χ4n) is 3.84. The Morgan fingerprint density at radius 2 is 2.13 bits per heavy atom. The molecule has 4 heterocycles. The van der Waals surface area contributed by atoms with Gasteiger partial charge in [-0.25, -0.2) is 0 Å². The summed E-state index contributed by atoms with van der Waals surface area (Å²) in [6.45, 7) is 1.35. The van der Waals surface area contributed by atoms with Gasteiger partial charge >= 0.3 is 0 Å². The quantitative estimate of drug-likeness (QED) is 0.537. The number of anilines is 1. The van der Waals surface area contributed by atoms with Crippen LogP contribution in [0.15, 0.2) is 34.6 Å². The zero-order valence-electron chi connectivity index (χ0n) is 17.0. The molecule has 0 unspecified atom stereocenters. The summed E-state index contributed by atoms with van der Waals surface area (Å²) in [5, 5.41) is 6.77. The normalized spacial score (nSPS) is 15.0. The summed E-state index contributed by atoms with van der Waals surface area (Å²) >= 11 is 1.26. The van der Waals surface area contributed by atoms with E-state index in [1.54, 1.807) is 23.6 Å². The maximum atomic E-state index is 13.3. The van der Waals surface area contributed by atoms with Crippen molar-refractivity contribution in [2.75, 3.05) is 31.3 Å². The van der Waals surface area contributed by atoms with Crippen LogP contribution in [0.25, 0.3) is 10.8 Å². The summed E-state index contributed by atoms with van der Waals surface area (Å²) in [7, 11) is -0.350. The van der Waals surface area contributed by atoms with E-state index in [9.17, 15) is 19.4 Å². The second-order valence-electron chi connectivity index (χ2n) is 7.41. The van der Waals surface area contributed by atoms with Crippen LogP contribution >= 0.6 is 19.7 Å². The number of methoxy groups -OCH3 is 1. The van der Waals surface area contributed by atoms with Crippen molar-refractivity contribution in [1.82, 2.24) is 14.8 Å². The molecule has 0 spiro atoms. The van der Waals surface area contributed by atoms with Gasteiger partial charge in [-0.15, -0.1) is 11.3 Å². The average molecular weight is 462 g/mol. The summed E-state index contributed by atoms with van der Waals surface area (Å²) in [5.41, 5.74) is -0.505. The molecule has 1 aliphatic heterocycles. The Labute approximate surface area is 183 Å². The molecule has 9 nitrogen and oxygen atoms in total. The molecule has 1 aliphatic rings. The van der Waals surface area contributed by atoms with Crippen LogP contribution in [0.5, 0.6) is 5.88 Å². The first-order chi connectivity index (χ1) is 15.0. The van der Waals surface area contributed by atoms with Gasteiger partial charge in [0.2, 0.25) is 5.88 Å². The van der Waals surface area contributed by atoms with E-state index >= 15 is 0 Å². The number of carbonyl (C=O) groups is 1. The third-order valence-electron chi connectivity index (χ3n) is 5.51. The second kappa shape index (κ2) is 9.40. The van der Waals surface area contributed by atoms with Gasteiger partial charge in [-0.2, -0.15) is 14.8 Å². The molecule has 2 N–H and O–H groups in total. The highest BCUT2D eigenvalue weighted by atomic mass is 32.1. The van der Waals surface area contributed by atoms with Crippen LogP contribution in [0.1, 0.15) is 28.9 Å². The van der Waals surface area contributed by atoms with E-state index in [2.05, 4.69) is 10.1 Å². The molecule has 11 heteroatoms. The van der Waals surface area contributed by atoms with Gasteiger partial charge in [0.05, 0.1) is 23.6 Å². The number of fused-ring (bicyclic) bond motifs is 1. The molecular weight excluding hydrogens is 439 g/mol. The maximum absolute atomic E-state index is 13.3. The third kappa shape index (κ3) is 4.62. The fourth-order valence-corrected chi connectivity index (χ4v) is 5.08. The highest BCUT2D eigenvalue weighted by Gasteiger charge is 2.25. The van der Waals surface area contributed by atoms with Crippen molar-refractivity contribution in [1.29, 1.82) is 0 Å². The van der Waals surface area contributed by atoms with Crippen molar-refractivity contribution in [2.24, 2.45) is 5.92 Å². The molecule has 0 aromatic carbocycles. The minimum absolute atomic E-state index is 0.341. The maximum Gasteiger partial charge on any atom is 0.291 e. The largest absolute Gasteiger partial charge is 0.481 e. The highest BCUT2D eigenvalue weighted by Crippen LogP contribution is 2.33. The monoisotopic (exact) mass is 462 g/mol. The molecule has 0 saturated carbocycles. The highest BCUT2D eigenvalue weighted by molar-refractivity contribution is 7.45. The van der Waals surface area contributed by atoms with Crippen molar-refractivity contribution >= 4 is 42.2 Å². The van der Waals surface area contributed by atoms with E-state index in [-0.39, 0.29) is 0 Å². The van der Waals surface area contributed by atoms with Gasteiger partial charge in [-0.3, -0.25) is 9.59 Å². The molecule has 164 valence electrons. The van der Waals surface area contributed by atoms with Crippen LogP contribution in [-0.2, 0) is 0 Å². The zero-order chi connectivity index (χ0) is 22.0. The van der Waals surface area contributed by atoms with Crippen molar-refractivity contribution in [2.45, 2.75) is 19.3 Å². The minimum Gasteiger partial charge on any atom is -0.481 e. The van der Waals surface area contributed by atoms with E-state index in [1.165, 1.54) is 24.6 Å². The molecule has 0 radical (unpaired) electrons. The van der Waals surface area contributed by atoms with Crippen molar-refractivity contribution < 1.29 is 19.3 Å². The van der Waals surface area contributed by atoms with Gasteiger partial charge in [0.1, 0.15) is 5.82 Å². The molecule has 0 bridgehead atoms. The van der Waals surface area contributed by atoms with Gasteiger partial charge in [0, 0.05) is 30.7 Å². The van der Waals surface area contributed by atoms with E-state index in [4.69, 9.17) is 4.74 Å². The molecule has 0 amide bonds. The van der Waals surface area contributed by atoms with Crippen LogP contribution < -0.4 is 15.2 Å². The fraction of sp³-hybridized carbons (Fsp3) is 0.400. The molecule has 3 aromatic rings. The van der Waals surface area contributed by atoms with E-state index in [1.807, 2.05) is 4.90 Å². The topological polar surface area (TPSA) is 118 Å². The van der Waals surface area contributed by atoms with E-state index in [0.717, 1.165) is 23.9 Å². The summed E-state index contributed by atoms with van der Waals surface area (Å²) < 4.78 is 6.22. The second-order valence-corrected chi connectivity index (χ2v) is 9.55. The first kappa shape index (κ1) is 21.8. The number of aromatic nitrogens is 3. The van der Waals surface area contributed by atoms with Crippen LogP contribution in [-0.4, -0.2) is 56.8 Å². The Balaban J connectivity index is 1.70. The summed E-state index contributed by atoms with van der Waals surface area (Å²) in [5.74, 6) is 0.793. The summed E-state index contributed by atoms with van der Waals surface area (Å²) in [4.78, 5) is 51.4. The molecule has 31 heavy (non-hydrogen) atoms. The lowest BCUT2D eigenvalue weighted by Gasteiger charge is -2.33. The van der Waals surface area contributed by atoms with Crippen LogP contribution in [0.2, 0.25) is 0 Å². The number of nitrogens with zero attached hydrogens (tertiary/aromatic N) is 4. The van der Waals surface area contributed by atoms with Crippen molar-refractivity contribution in [3.63, 3.8) is 0 Å². The number of carbonyl (C=O) groups excluding carboxylic acids is 1. The molecular formula is C20H23N4O5PS. The Morgan fingerprint density at radius 1 is 1.35 bits per heavy atom. The Kier molecular flexibility index (Phi) is 6.62. The number of rotatable bonds is 6. The number of piperidine rings is 1. The summed E-state index contributed by atoms with van der Waals surface area (Å²) in [6, 6.07) is 5.06. The zero-order valence-corrected chi connectivity index (χ0v) is 18.7. The van der Waals surface area contributed by atoms with E-state index < -0.39 is 19.8 Å². The molecule has 4 rings (SSSR count). The lowest BCUT2D eigenvalue weighted by Crippen LogP contribution is -2.36. The summed E-state index contributed by atoms with van der Waals surface area (Å²) in [6.07, 6.45) is 4.40. The SMILES string of the molecule is COc1cc2cnn(C(=O)c3cccs3)c(=O)c2c(N2CCC(CCP(O)O)CC2)n1. The Hall–Kier alpha value is -2.39. The first-order valence-electron chi connectivity index (χ1n) is 9.93. The Morgan fingerprint density at radius 3 is 2.77 bits per heavy atom. The number of hydrogen-bond acceptors (Lipinski definition) is 9. The Bertz CT molecular complexity index is 1130. The van der Waals surface area contributed by atoms with Gasteiger partial charge in [0.15, 0.2) is 8.38 Å². The lowest BCUT2D eigenvalue weighted by molar-refractivity contribution is 0.0944. The number of pyridine rings is 1. The molecule has 0 atom stereocenters. The minimum atomic E-state index is -1.86. The third-order valence-corrected chi connectivity index (χ3v) is 7.03. The van der Waals surface area contributed by atoms with Gasteiger partial charge in [-0.1, -0.05) is 6.07 Å². The number of thiophene rings is 1. The predicted octanol–water partition coefficient (Wildman–Crippen LogP) is 2.45. The average Bonchev–Trinajstić information content (AvgIpc) is 3.32. The first-order valence-corrected chi connectivity index (χ1v) is 12.2. The van der Waals surface area contributed by atoms with Gasteiger partial charge in [0.25, 0.3) is 11.5 Å². The van der Waals surface area contributed by atoms with Crippen LogP contribution in [0.3, 0.4) is 0 Å².